The summed E-state index contributed by atoms with van der Waals surface area (Å²) in [7, 11) is 0. The third kappa shape index (κ3) is 3.05. The van der Waals surface area contributed by atoms with E-state index in [0.29, 0.717) is 0 Å². The zero-order valence-corrected chi connectivity index (χ0v) is 13.9. The summed E-state index contributed by atoms with van der Waals surface area (Å²) in [5.41, 5.74) is 2.37. The Morgan fingerprint density at radius 2 is 0.905 bits per heavy atom. The van der Waals surface area contributed by atoms with E-state index in [4.69, 9.17) is 22.2 Å². The topological polar surface area (TPSA) is 0 Å². The Balaban J connectivity index is 1.94. The highest BCUT2D eigenvalue weighted by atomic mass is 35.7. The smallest absolute Gasteiger partial charge is 0.134 e. The number of hydrogen-bond acceptors (Lipinski definition) is 0. The average molecular weight is 329 g/mol. The highest BCUT2D eigenvalue weighted by molar-refractivity contribution is 7.56. The molecule has 3 heteroatoms. The van der Waals surface area contributed by atoms with Gasteiger partial charge in [0, 0.05) is 0 Å². The van der Waals surface area contributed by atoms with Gasteiger partial charge in [0.1, 0.15) is 0 Å². The van der Waals surface area contributed by atoms with Crippen LogP contribution in [0.4, 0.5) is 0 Å². The van der Waals surface area contributed by atoms with Gasteiger partial charge in [0.05, 0.1) is 0 Å². The molecule has 0 aliphatic rings. The first-order chi connectivity index (χ1) is 10.2. The fraction of sp³-hybridized carbons (Fsp3) is 0. The third-order valence-electron chi connectivity index (χ3n) is 3.49. The summed E-state index contributed by atoms with van der Waals surface area (Å²) in [4.78, 5) is 0. The molecule has 0 N–H and O–H groups in total. The van der Waals surface area contributed by atoms with E-state index in [9.17, 15) is 0 Å². The third-order valence-corrected chi connectivity index (χ3v) is 8.23. The second-order valence-corrected chi connectivity index (χ2v) is 11.2. The van der Waals surface area contributed by atoms with Crippen LogP contribution in [-0.2, 0) is 0 Å². The standard InChI is InChI=1S/C18H14Cl2Si/c19-21(20,17-9-5-2-6-10-17)18-13-11-16(12-14-18)15-7-3-1-4-8-15/h1-14H. The van der Waals surface area contributed by atoms with Gasteiger partial charge in [0.2, 0.25) is 0 Å². The maximum absolute atomic E-state index is 6.69. The molecule has 3 aromatic rings. The quantitative estimate of drug-likeness (QED) is 0.494. The predicted octanol–water partition coefficient (Wildman–Crippen LogP) is 4.39. The molecule has 3 rings (SSSR count). The molecule has 0 bridgehead atoms. The Bertz CT molecular complexity index is 707. The minimum absolute atomic E-state index is 1.01. The number of halogens is 2. The van der Waals surface area contributed by atoms with Crippen LogP contribution in [0.2, 0.25) is 0 Å². The molecule has 0 nitrogen and oxygen atoms in total. The fourth-order valence-corrected chi connectivity index (χ4v) is 5.36. The summed E-state index contributed by atoms with van der Waals surface area (Å²) >= 11 is 13.4. The predicted molar refractivity (Wildman–Crippen MR) is 95.0 cm³/mol. The maximum Gasteiger partial charge on any atom is 0.310 e. The zero-order valence-electron chi connectivity index (χ0n) is 11.3. The van der Waals surface area contributed by atoms with Crippen molar-refractivity contribution in [2.24, 2.45) is 0 Å². The van der Waals surface area contributed by atoms with Gasteiger partial charge in [-0.3, -0.25) is 0 Å². The van der Waals surface area contributed by atoms with Gasteiger partial charge in [-0.1, -0.05) is 84.9 Å². The van der Waals surface area contributed by atoms with Gasteiger partial charge in [-0.2, -0.15) is 0 Å². The normalized spacial score (nSPS) is 11.3. The summed E-state index contributed by atoms with van der Waals surface area (Å²) in [6, 6.07) is 28.4. The van der Waals surface area contributed by atoms with Crippen molar-refractivity contribution in [1.29, 1.82) is 0 Å². The highest BCUT2D eigenvalue weighted by Gasteiger charge is 2.33. The van der Waals surface area contributed by atoms with Gasteiger partial charge in [-0.15, -0.1) is 22.2 Å². The molecule has 0 aliphatic carbocycles. The molecule has 0 saturated carbocycles. The van der Waals surface area contributed by atoms with E-state index >= 15 is 0 Å². The largest absolute Gasteiger partial charge is 0.310 e. The molecule has 0 saturated heterocycles. The van der Waals surface area contributed by atoms with E-state index < -0.39 is 6.69 Å². The molecule has 0 unspecified atom stereocenters. The van der Waals surface area contributed by atoms with E-state index in [0.717, 1.165) is 10.4 Å². The van der Waals surface area contributed by atoms with Gasteiger partial charge in [0.25, 0.3) is 0 Å². The van der Waals surface area contributed by atoms with Crippen LogP contribution < -0.4 is 10.4 Å². The van der Waals surface area contributed by atoms with Gasteiger partial charge in [-0.25, -0.2) is 0 Å². The molecule has 104 valence electrons. The first kappa shape index (κ1) is 14.4. The van der Waals surface area contributed by atoms with E-state index in [1.807, 2.05) is 60.7 Å². The molecule has 0 atom stereocenters. The summed E-state index contributed by atoms with van der Waals surface area (Å²) in [5, 5.41) is 2.03. The average Bonchev–Trinajstić information content (AvgIpc) is 2.57. The fourth-order valence-electron chi connectivity index (χ4n) is 2.32. The summed E-state index contributed by atoms with van der Waals surface area (Å²) in [5.74, 6) is 0. The number of rotatable bonds is 3. The minimum atomic E-state index is -2.63. The van der Waals surface area contributed by atoms with Crippen molar-refractivity contribution in [2.75, 3.05) is 0 Å². The first-order valence-corrected chi connectivity index (χ1v) is 10.8. The van der Waals surface area contributed by atoms with Crippen LogP contribution in [0.1, 0.15) is 0 Å². The van der Waals surface area contributed by atoms with Crippen LogP contribution in [0.25, 0.3) is 11.1 Å². The van der Waals surface area contributed by atoms with Crippen molar-refractivity contribution in [3.8, 4) is 11.1 Å². The van der Waals surface area contributed by atoms with Gasteiger partial charge in [0.15, 0.2) is 0 Å². The number of benzene rings is 3. The lowest BCUT2D eigenvalue weighted by Crippen LogP contribution is -2.48. The monoisotopic (exact) mass is 328 g/mol. The van der Waals surface area contributed by atoms with Crippen LogP contribution in [-0.4, -0.2) is 6.69 Å². The van der Waals surface area contributed by atoms with Crippen molar-refractivity contribution in [3.63, 3.8) is 0 Å². The Morgan fingerprint density at radius 3 is 1.48 bits per heavy atom. The van der Waals surface area contributed by atoms with E-state index in [1.54, 1.807) is 0 Å². The SMILES string of the molecule is Cl[Si](Cl)(c1ccccc1)c1ccc(-c2ccccc2)cc1. The van der Waals surface area contributed by atoms with Crippen LogP contribution in [0, 0.1) is 0 Å². The molecule has 3 aromatic carbocycles. The summed E-state index contributed by atoms with van der Waals surface area (Å²) in [6.07, 6.45) is 0. The molecule has 0 amide bonds. The molecule has 0 fully saturated rings. The Kier molecular flexibility index (Phi) is 4.16. The first-order valence-electron chi connectivity index (χ1n) is 6.77. The van der Waals surface area contributed by atoms with Crippen molar-refractivity contribution in [3.05, 3.63) is 84.9 Å². The van der Waals surface area contributed by atoms with Crippen LogP contribution in [0.5, 0.6) is 0 Å². The second kappa shape index (κ2) is 6.06. The summed E-state index contributed by atoms with van der Waals surface area (Å²) in [6.45, 7) is -2.63. The molecule has 0 aromatic heterocycles. The van der Waals surface area contributed by atoms with Gasteiger partial charge < -0.3 is 0 Å². The maximum atomic E-state index is 6.69. The lowest BCUT2D eigenvalue weighted by Gasteiger charge is -2.18. The highest BCUT2D eigenvalue weighted by Crippen LogP contribution is 2.20. The van der Waals surface area contributed by atoms with E-state index in [2.05, 4.69) is 24.3 Å². The number of hydrogen-bond donors (Lipinski definition) is 0. The zero-order chi connectivity index (χ0) is 14.7. The lowest BCUT2D eigenvalue weighted by molar-refractivity contribution is 1.63. The molecule has 0 radical (unpaired) electrons. The van der Waals surface area contributed by atoms with E-state index in [1.165, 1.54) is 11.1 Å². The Labute approximate surface area is 135 Å². The lowest BCUT2D eigenvalue weighted by atomic mass is 10.1. The van der Waals surface area contributed by atoms with Crippen LogP contribution in [0.15, 0.2) is 84.9 Å². The second-order valence-electron chi connectivity index (χ2n) is 4.88. The molecular weight excluding hydrogens is 315 g/mol. The molecule has 0 heterocycles. The Hall–Kier alpha value is -1.54. The van der Waals surface area contributed by atoms with Crippen molar-refractivity contribution >= 4 is 39.2 Å². The molecular formula is C18H14Cl2Si. The summed E-state index contributed by atoms with van der Waals surface area (Å²) < 4.78 is 0. The van der Waals surface area contributed by atoms with Crippen molar-refractivity contribution < 1.29 is 0 Å². The molecule has 0 spiro atoms. The van der Waals surface area contributed by atoms with Crippen molar-refractivity contribution in [1.82, 2.24) is 0 Å². The van der Waals surface area contributed by atoms with Gasteiger partial charge in [-0.05, 0) is 21.5 Å². The minimum Gasteiger partial charge on any atom is -0.134 e. The Morgan fingerprint density at radius 1 is 0.476 bits per heavy atom. The van der Waals surface area contributed by atoms with E-state index in [-0.39, 0.29) is 0 Å². The van der Waals surface area contributed by atoms with Crippen LogP contribution in [0.3, 0.4) is 0 Å². The van der Waals surface area contributed by atoms with Crippen LogP contribution >= 0.6 is 22.2 Å². The molecule has 21 heavy (non-hydrogen) atoms. The van der Waals surface area contributed by atoms with Crippen molar-refractivity contribution in [2.45, 2.75) is 0 Å². The molecule has 0 aliphatic heterocycles. The van der Waals surface area contributed by atoms with Gasteiger partial charge >= 0.3 is 6.69 Å².